The predicted octanol–water partition coefficient (Wildman–Crippen LogP) is 2.15. The third kappa shape index (κ3) is 4.92. The first-order valence-corrected chi connectivity index (χ1v) is 9.00. The fourth-order valence-corrected chi connectivity index (χ4v) is 3.12. The van der Waals surface area contributed by atoms with Gasteiger partial charge in [-0.2, -0.15) is 0 Å². The monoisotopic (exact) mass is 383 g/mol. The Morgan fingerprint density at radius 2 is 1.58 bits per heavy atom. The van der Waals surface area contributed by atoms with Gasteiger partial charge in [0, 0.05) is 10.6 Å². The van der Waals surface area contributed by atoms with Gasteiger partial charge in [0.2, 0.25) is 0 Å². The first-order valence-electron chi connectivity index (χ1n) is 6.73. The second-order valence-corrected chi connectivity index (χ2v) is 7.36. The summed E-state index contributed by atoms with van der Waals surface area (Å²) in [6, 6.07) is 12.5. The molecule has 2 rings (SSSR count). The maximum absolute atomic E-state index is 12.1. The number of sulfonamides is 1. The lowest BCUT2D eigenvalue weighted by atomic mass is 10.2. The third-order valence-corrected chi connectivity index (χ3v) is 4.91. The van der Waals surface area contributed by atoms with Gasteiger partial charge in [-0.15, -0.1) is 0 Å². The molecule has 0 spiro atoms. The van der Waals surface area contributed by atoms with Crippen molar-refractivity contribution in [2.75, 3.05) is 0 Å². The molecule has 3 N–H and O–H groups in total. The number of rotatable bonds is 3. The molecule has 0 aliphatic rings. The number of benzene rings is 2. The van der Waals surface area contributed by atoms with Crippen molar-refractivity contribution in [1.82, 2.24) is 15.6 Å². The highest BCUT2D eigenvalue weighted by atomic mass is 35.5. The number of hydrazine groups is 1. The Kier molecular flexibility index (Phi) is 5.76. The molecule has 2 aromatic carbocycles. The first-order chi connectivity index (χ1) is 11.3. The van der Waals surface area contributed by atoms with Crippen LogP contribution in [0, 0.1) is 6.92 Å². The first kappa shape index (κ1) is 18.2. The van der Waals surface area contributed by atoms with Crippen LogP contribution in [0.3, 0.4) is 0 Å². The van der Waals surface area contributed by atoms with Crippen LogP contribution in [0.15, 0.2) is 53.4 Å². The van der Waals surface area contributed by atoms with Gasteiger partial charge >= 0.3 is 0 Å². The van der Waals surface area contributed by atoms with Gasteiger partial charge in [0.05, 0.1) is 4.90 Å². The van der Waals surface area contributed by atoms with E-state index in [1.54, 1.807) is 24.3 Å². The molecule has 2 aromatic rings. The Balaban J connectivity index is 1.94. The number of carbonyl (C=O) groups is 1. The molecule has 0 aromatic heterocycles. The number of amides is 1. The van der Waals surface area contributed by atoms with Crippen molar-refractivity contribution in [2.24, 2.45) is 0 Å². The minimum Gasteiger partial charge on any atom is -0.273 e. The average molecular weight is 384 g/mol. The number of thiocarbonyl (C=S) groups is 1. The summed E-state index contributed by atoms with van der Waals surface area (Å²) >= 11 is 10.6. The van der Waals surface area contributed by atoms with Gasteiger partial charge in [0.1, 0.15) is 0 Å². The van der Waals surface area contributed by atoms with Gasteiger partial charge in [0.15, 0.2) is 5.11 Å². The predicted molar refractivity (Wildman–Crippen MR) is 96.2 cm³/mol. The summed E-state index contributed by atoms with van der Waals surface area (Å²) in [4.78, 5) is 12.0. The molecule has 0 saturated heterocycles. The van der Waals surface area contributed by atoms with Gasteiger partial charge in [-0.25, -0.2) is 8.42 Å². The number of hydrogen-bond acceptors (Lipinski definition) is 4. The second kappa shape index (κ2) is 7.61. The molecule has 24 heavy (non-hydrogen) atoms. The minimum atomic E-state index is -3.82. The van der Waals surface area contributed by atoms with Crippen LogP contribution in [0.25, 0.3) is 0 Å². The molecule has 9 heteroatoms. The number of aryl methyl sites for hydroxylation is 1. The molecule has 0 radical (unpaired) electrons. The molecule has 126 valence electrons. The van der Waals surface area contributed by atoms with Crippen molar-refractivity contribution in [2.45, 2.75) is 11.8 Å². The maximum Gasteiger partial charge on any atom is 0.269 e. The highest BCUT2D eigenvalue weighted by Crippen LogP contribution is 2.10. The van der Waals surface area contributed by atoms with E-state index in [-0.39, 0.29) is 10.0 Å². The highest BCUT2D eigenvalue weighted by molar-refractivity contribution is 7.91. The lowest BCUT2D eigenvalue weighted by Gasteiger charge is -2.12. The summed E-state index contributed by atoms with van der Waals surface area (Å²) in [5.41, 5.74) is 5.92. The Hall–Kier alpha value is -2.16. The molecule has 0 heterocycles. The number of carbonyl (C=O) groups excluding carboxylic acids is 1. The molecule has 0 bridgehead atoms. The molecule has 0 fully saturated rings. The van der Waals surface area contributed by atoms with E-state index in [4.69, 9.17) is 23.8 Å². The number of halogens is 1. The zero-order valence-corrected chi connectivity index (χ0v) is 14.9. The van der Waals surface area contributed by atoms with Crippen LogP contribution < -0.4 is 15.6 Å². The minimum absolute atomic E-state index is 0.0706. The summed E-state index contributed by atoms with van der Waals surface area (Å²) in [7, 11) is -3.82. The second-order valence-electron chi connectivity index (χ2n) is 4.83. The average Bonchev–Trinajstić information content (AvgIpc) is 2.53. The maximum atomic E-state index is 12.1. The topological polar surface area (TPSA) is 87.3 Å². The Bertz CT molecular complexity index is 851. The van der Waals surface area contributed by atoms with Gasteiger partial charge in [-0.1, -0.05) is 29.3 Å². The lowest BCUT2D eigenvalue weighted by Crippen LogP contribution is -2.48. The van der Waals surface area contributed by atoms with Gasteiger partial charge in [0.25, 0.3) is 15.9 Å². The van der Waals surface area contributed by atoms with Crippen LogP contribution >= 0.6 is 23.8 Å². The van der Waals surface area contributed by atoms with Crippen LogP contribution in [0.1, 0.15) is 15.9 Å². The van der Waals surface area contributed by atoms with E-state index >= 15 is 0 Å². The van der Waals surface area contributed by atoms with E-state index in [9.17, 15) is 13.2 Å². The van der Waals surface area contributed by atoms with Crippen molar-refractivity contribution in [3.63, 3.8) is 0 Å². The quantitative estimate of drug-likeness (QED) is 0.558. The van der Waals surface area contributed by atoms with Crippen LogP contribution in [-0.2, 0) is 10.0 Å². The third-order valence-electron chi connectivity index (χ3n) is 2.95. The fourth-order valence-electron chi connectivity index (χ4n) is 1.71. The van der Waals surface area contributed by atoms with Crippen molar-refractivity contribution < 1.29 is 13.2 Å². The zero-order valence-electron chi connectivity index (χ0n) is 12.5. The van der Waals surface area contributed by atoms with E-state index in [0.717, 1.165) is 5.56 Å². The van der Waals surface area contributed by atoms with E-state index in [1.807, 2.05) is 6.92 Å². The molecular weight excluding hydrogens is 370 g/mol. The van der Waals surface area contributed by atoms with E-state index < -0.39 is 15.9 Å². The number of nitrogens with one attached hydrogen (secondary N) is 3. The van der Waals surface area contributed by atoms with Crippen molar-refractivity contribution >= 4 is 44.9 Å². The molecule has 0 aliphatic heterocycles. The summed E-state index contributed by atoms with van der Waals surface area (Å²) in [6.45, 7) is 1.85. The molecule has 6 nitrogen and oxygen atoms in total. The van der Waals surface area contributed by atoms with E-state index in [1.165, 1.54) is 24.3 Å². The van der Waals surface area contributed by atoms with Crippen molar-refractivity contribution in [3.8, 4) is 0 Å². The van der Waals surface area contributed by atoms with Gasteiger partial charge < -0.3 is 0 Å². The van der Waals surface area contributed by atoms with Crippen LogP contribution in [-0.4, -0.2) is 19.4 Å². The molecule has 0 unspecified atom stereocenters. The summed E-state index contributed by atoms with van der Waals surface area (Å²) < 4.78 is 26.4. The van der Waals surface area contributed by atoms with Crippen LogP contribution in [0.4, 0.5) is 0 Å². The zero-order chi connectivity index (χ0) is 17.7. The summed E-state index contributed by atoms with van der Waals surface area (Å²) in [6.07, 6.45) is 0. The summed E-state index contributed by atoms with van der Waals surface area (Å²) in [5.74, 6) is -0.483. The van der Waals surface area contributed by atoms with Crippen molar-refractivity contribution in [1.29, 1.82) is 0 Å². The fraction of sp³-hybridized carbons (Fsp3) is 0.0667. The Labute approximate surface area is 150 Å². The summed E-state index contributed by atoms with van der Waals surface area (Å²) in [5, 5.41) is 0.249. The Morgan fingerprint density at radius 1 is 1.00 bits per heavy atom. The molecule has 1 amide bonds. The normalized spacial score (nSPS) is 10.8. The molecular formula is C15H14ClN3O3S2. The molecule has 0 atom stereocenters. The Morgan fingerprint density at radius 3 is 2.17 bits per heavy atom. The standard InChI is InChI=1S/C15H14ClN3O3S2/c1-10-2-8-13(9-3-10)24(21,22)19-15(23)18-17-14(20)11-4-6-12(16)7-5-11/h2-9H,1H3,(H,17,20)(H2,18,19,23). The van der Waals surface area contributed by atoms with Crippen LogP contribution in [0.2, 0.25) is 5.02 Å². The van der Waals surface area contributed by atoms with Gasteiger partial charge in [-0.3, -0.25) is 20.4 Å². The lowest BCUT2D eigenvalue weighted by molar-refractivity contribution is 0.0944. The van der Waals surface area contributed by atoms with Gasteiger partial charge in [-0.05, 0) is 55.5 Å². The largest absolute Gasteiger partial charge is 0.273 e. The smallest absolute Gasteiger partial charge is 0.269 e. The number of hydrogen-bond donors (Lipinski definition) is 3. The van der Waals surface area contributed by atoms with Crippen LogP contribution in [0.5, 0.6) is 0 Å². The van der Waals surface area contributed by atoms with E-state index in [0.29, 0.717) is 10.6 Å². The molecule has 0 saturated carbocycles. The molecule has 0 aliphatic carbocycles. The van der Waals surface area contributed by atoms with Crippen molar-refractivity contribution in [3.05, 3.63) is 64.7 Å². The highest BCUT2D eigenvalue weighted by Gasteiger charge is 2.15. The van der Waals surface area contributed by atoms with E-state index in [2.05, 4.69) is 15.6 Å². The SMILES string of the molecule is Cc1ccc(S(=O)(=O)NC(=S)NNC(=O)c2ccc(Cl)cc2)cc1.